The second-order valence-corrected chi connectivity index (χ2v) is 6.54. The Labute approximate surface area is 127 Å². The van der Waals surface area contributed by atoms with Crippen molar-refractivity contribution >= 4 is 21.6 Å². The number of hydrogen-bond donors (Lipinski definition) is 1. The molecule has 0 unspecified atom stereocenters. The van der Waals surface area contributed by atoms with Crippen LogP contribution < -0.4 is 9.88 Å². The third kappa shape index (κ3) is 3.72. The molecule has 0 amide bonds. The van der Waals surface area contributed by atoms with Crippen molar-refractivity contribution in [2.45, 2.75) is 31.7 Å². The van der Waals surface area contributed by atoms with Crippen LogP contribution in [0.4, 0.5) is 0 Å². The van der Waals surface area contributed by atoms with Gasteiger partial charge >= 0.3 is 0 Å². The minimum atomic E-state index is -3.93. The average molecular weight is 331 g/mol. The van der Waals surface area contributed by atoms with Crippen LogP contribution in [0.3, 0.4) is 0 Å². The molecule has 21 heavy (non-hydrogen) atoms. The number of hydrogen-bond acceptors (Lipinski definition) is 5. The predicted octanol–water partition coefficient (Wildman–Crippen LogP) is 1.74. The molecule has 0 saturated heterocycles. The largest absolute Gasteiger partial charge is 0.486 e. The van der Waals surface area contributed by atoms with Crippen LogP contribution >= 0.6 is 11.6 Å². The van der Waals surface area contributed by atoms with Crippen LogP contribution in [0.15, 0.2) is 29.4 Å². The minimum absolute atomic E-state index is 0.0718. The molecule has 0 bridgehead atoms. The molecule has 2 N–H and O–H groups in total. The molecule has 7 nitrogen and oxygen atoms in total. The van der Waals surface area contributed by atoms with E-state index in [-0.39, 0.29) is 17.8 Å². The molecule has 2 rings (SSSR count). The van der Waals surface area contributed by atoms with E-state index in [2.05, 4.69) is 10.2 Å². The Hall–Kier alpha value is -1.64. The van der Waals surface area contributed by atoms with Gasteiger partial charge in [0.15, 0.2) is 5.82 Å². The van der Waals surface area contributed by atoms with Crippen molar-refractivity contribution in [1.82, 2.24) is 14.8 Å². The number of nitrogens with zero attached hydrogens (tertiary/aromatic N) is 3. The molecule has 2 aromatic rings. The molecule has 1 aromatic heterocycles. The summed E-state index contributed by atoms with van der Waals surface area (Å²) in [6.07, 6.45) is 0. The van der Waals surface area contributed by atoms with E-state index in [1.165, 1.54) is 4.57 Å². The van der Waals surface area contributed by atoms with Gasteiger partial charge in [-0.3, -0.25) is 4.57 Å². The van der Waals surface area contributed by atoms with Gasteiger partial charge in [0.05, 0.1) is 0 Å². The normalized spacial score (nSPS) is 11.9. The van der Waals surface area contributed by atoms with Gasteiger partial charge in [-0.25, -0.2) is 13.6 Å². The summed E-state index contributed by atoms with van der Waals surface area (Å²) in [5, 5.41) is 12.9. The van der Waals surface area contributed by atoms with E-state index >= 15 is 0 Å². The maximum absolute atomic E-state index is 11.5. The van der Waals surface area contributed by atoms with Crippen LogP contribution in [0.1, 0.15) is 25.7 Å². The maximum atomic E-state index is 11.5. The van der Waals surface area contributed by atoms with Crippen LogP contribution in [0, 0.1) is 0 Å². The van der Waals surface area contributed by atoms with Crippen LogP contribution in [-0.2, 0) is 16.6 Å². The van der Waals surface area contributed by atoms with Gasteiger partial charge in [0.2, 0.25) is 0 Å². The Kier molecular flexibility index (Phi) is 4.50. The van der Waals surface area contributed by atoms with Gasteiger partial charge in [0.25, 0.3) is 15.2 Å². The highest BCUT2D eigenvalue weighted by Gasteiger charge is 2.23. The fourth-order valence-electron chi connectivity index (χ4n) is 1.80. The number of sulfonamides is 1. The van der Waals surface area contributed by atoms with Gasteiger partial charge in [-0.1, -0.05) is 11.6 Å². The Morgan fingerprint density at radius 3 is 2.43 bits per heavy atom. The van der Waals surface area contributed by atoms with E-state index in [0.29, 0.717) is 16.6 Å². The first-order valence-electron chi connectivity index (χ1n) is 6.14. The zero-order valence-electron chi connectivity index (χ0n) is 11.5. The lowest BCUT2D eigenvalue weighted by Gasteiger charge is -2.13. The van der Waals surface area contributed by atoms with Gasteiger partial charge in [0.1, 0.15) is 12.4 Å². The number of rotatable bonds is 5. The molecule has 0 atom stereocenters. The zero-order valence-corrected chi connectivity index (χ0v) is 13.1. The zero-order chi connectivity index (χ0) is 15.6. The third-order valence-corrected chi connectivity index (χ3v) is 3.73. The van der Waals surface area contributed by atoms with Gasteiger partial charge in [0, 0.05) is 11.1 Å². The second-order valence-electron chi connectivity index (χ2n) is 4.65. The Balaban J connectivity index is 2.24. The molecule has 0 aliphatic heterocycles. The van der Waals surface area contributed by atoms with Crippen molar-refractivity contribution in [2.24, 2.45) is 5.14 Å². The Morgan fingerprint density at radius 1 is 1.29 bits per heavy atom. The highest BCUT2D eigenvalue weighted by molar-refractivity contribution is 7.89. The third-order valence-electron chi connectivity index (χ3n) is 2.69. The van der Waals surface area contributed by atoms with E-state index in [1.807, 2.05) is 13.8 Å². The topological polar surface area (TPSA) is 100 Å². The lowest BCUT2D eigenvalue weighted by Crippen LogP contribution is -2.21. The summed E-state index contributed by atoms with van der Waals surface area (Å²) in [6.45, 7) is 3.69. The number of primary sulfonamides is 1. The van der Waals surface area contributed by atoms with Crippen LogP contribution in [0.25, 0.3) is 0 Å². The Morgan fingerprint density at radius 2 is 1.90 bits per heavy atom. The van der Waals surface area contributed by atoms with Gasteiger partial charge in [-0.2, -0.15) is 0 Å². The molecule has 0 spiro atoms. The summed E-state index contributed by atoms with van der Waals surface area (Å²) in [7, 11) is -3.93. The fraction of sp³-hybridized carbons (Fsp3) is 0.333. The summed E-state index contributed by atoms with van der Waals surface area (Å²) < 4.78 is 29.9. The summed E-state index contributed by atoms with van der Waals surface area (Å²) in [5.74, 6) is 0.971. The molecule has 0 aliphatic rings. The van der Waals surface area contributed by atoms with Crippen LogP contribution in [0.2, 0.25) is 5.02 Å². The highest BCUT2D eigenvalue weighted by atomic mass is 35.5. The Bertz CT molecular complexity index is 725. The van der Waals surface area contributed by atoms with Crippen molar-refractivity contribution < 1.29 is 13.2 Å². The van der Waals surface area contributed by atoms with Crippen LogP contribution in [0.5, 0.6) is 5.75 Å². The average Bonchev–Trinajstić information content (AvgIpc) is 2.82. The molecule has 0 radical (unpaired) electrons. The first-order valence-corrected chi connectivity index (χ1v) is 8.06. The van der Waals surface area contributed by atoms with Crippen molar-refractivity contribution in [3.63, 3.8) is 0 Å². The number of ether oxygens (including phenoxy) is 1. The van der Waals surface area contributed by atoms with Gasteiger partial charge < -0.3 is 4.74 Å². The molecule has 1 aromatic carbocycles. The van der Waals surface area contributed by atoms with E-state index < -0.39 is 10.0 Å². The van der Waals surface area contributed by atoms with Gasteiger partial charge in [-0.15, -0.1) is 10.2 Å². The SMILES string of the molecule is CC(C)n1c(COc2ccc(Cl)cc2)nnc1S(N)(=O)=O. The monoisotopic (exact) mass is 330 g/mol. The molecular formula is C12H15ClN4O3S. The van der Waals surface area contributed by atoms with Gasteiger partial charge in [-0.05, 0) is 38.1 Å². The lowest BCUT2D eigenvalue weighted by molar-refractivity contribution is 0.284. The van der Waals surface area contributed by atoms with E-state index in [1.54, 1.807) is 24.3 Å². The first kappa shape index (κ1) is 15.7. The van der Waals surface area contributed by atoms with Crippen molar-refractivity contribution in [1.29, 1.82) is 0 Å². The van der Waals surface area contributed by atoms with E-state index in [0.717, 1.165) is 0 Å². The maximum Gasteiger partial charge on any atom is 0.273 e. The number of benzene rings is 1. The highest BCUT2D eigenvalue weighted by Crippen LogP contribution is 2.19. The van der Waals surface area contributed by atoms with E-state index in [9.17, 15) is 8.42 Å². The first-order chi connectivity index (χ1) is 9.79. The second kappa shape index (κ2) is 6.00. The number of nitrogens with two attached hydrogens (primary N) is 1. The smallest absolute Gasteiger partial charge is 0.273 e. The summed E-state index contributed by atoms with van der Waals surface area (Å²) in [5.41, 5.74) is 0. The minimum Gasteiger partial charge on any atom is -0.486 e. The molecule has 114 valence electrons. The number of halogens is 1. The summed E-state index contributed by atoms with van der Waals surface area (Å²) >= 11 is 5.79. The molecule has 0 saturated carbocycles. The summed E-state index contributed by atoms with van der Waals surface area (Å²) in [4.78, 5) is 0. The van der Waals surface area contributed by atoms with Crippen LogP contribution in [-0.4, -0.2) is 23.2 Å². The molecule has 1 heterocycles. The van der Waals surface area contributed by atoms with E-state index in [4.69, 9.17) is 21.5 Å². The van der Waals surface area contributed by atoms with Crippen molar-refractivity contribution in [3.05, 3.63) is 35.1 Å². The molecular weight excluding hydrogens is 316 g/mol. The fourth-order valence-corrected chi connectivity index (χ4v) is 2.67. The summed E-state index contributed by atoms with van der Waals surface area (Å²) in [6, 6.07) is 6.63. The number of aromatic nitrogens is 3. The molecule has 0 aliphatic carbocycles. The molecule has 9 heteroatoms. The predicted molar refractivity (Wildman–Crippen MR) is 77.6 cm³/mol. The quantitative estimate of drug-likeness (QED) is 0.900. The van der Waals surface area contributed by atoms with Crippen molar-refractivity contribution in [3.8, 4) is 5.75 Å². The standard InChI is InChI=1S/C12H15ClN4O3S/c1-8(2)17-11(15-16-12(17)21(14,18)19)7-20-10-5-3-9(13)4-6-10/h3-6,8H,7H2,1-2H3,(H2,14,18,19). The molecule has 0 fully saturated rings. The van der Waals surface area contributed by atoms with Crippen molar-refractivity contribution in [2.75, 3.05) is 0 Å². The lowest BCUT2D eigenvalue weighted by atomic mass is 10.3.